The van der Waals surface area contributed by atoms with Crippen LogP contribution < -0.4 is 0 Å². The van der Waals surface area contributed by atoms with E-state index in [2.05, 4.69) is 32.6 Å². The number of hydrogen-bond acceptors (Lipinski definition) is 5. The van der Waals surface area contributed by atoms with E-state index in [0.717, 1.165) is 43.3 Å². The first-order valence-corrected chi connectivity index (χ1v) is 12.3. The Morgan fingerprint density at radius 1 is 1.31 bits per heavy atom. The molecule has 0 bridgehead atoms. The van der Waals surface area contributed by atoms with E-state index < -0.39 is 24.4 Å². The zero-order valence-corrected chi connectivity index (χ0v) is 20.0. The van der Waals surface area contributed by atoms with Crippen molar-refractivity contribution in [2.75, 3.05) is 6.61 Å². The van der Waals surface area contributed by atoms with Crippen molar-refractivity contribution in [3.63, 3.8) is 0 Å². The number of carbonyl (C=O) groups is 1. The topological polar surface area (TPSA) is 98.0 Å². The van der Waals surface area contributed by atoms with Gasteiger partial charge in [0.25, 0.3) is 0 Å². The molecule has 5 nitrogen and oxygen atoms in total. The summed E-state index contributed by atoms with van der Waals surface area (Å²) in [5.74, 6) is 1.21. The van der Waals surface area contributed by atoms with Gasteiger partial charge in [-0.25, -0.2) is 0 Å². The van der Waals surface area contributed by atoms with Gasteiger partial charge in [0.15, 0.2) is 0 Å². The maximum absolute atomic E-state index is 12.5. The van der Waals surface area contributed by atoms with Crippen LogP contribution in [0.25, 0.3) is 0 Å². The normalized spacial score (nSPS) is 38.5. The van der Waals surface area contributed by atoms with E-state index in [-0.39, 0.29) is 23.5 Å². The summed E-state index contributed by atoms with van der Waals surface area (Å²) in [6.45, 7) is 9.68. The third kappa shape index (κ3) is 5.44. The van der Waals surface area contributed by atoms with Crippen LogP contribution in [0.3, 0.4) is 0 Å². The minimum Gasteiger partial charge on any atom is -0.393 e. The molecule has 32 heavy (non-hydrogen) atoms. The molecule has 0 heterocycles. The number of hydrogen-bond donors (Lipinski definition) is 4. The van der Waals surface area contributed by atoms with Gasteiger partial charge in [0.2, 0.25) is 0 Å². The highest BCUT2D eigenvalue weighted by Gasteiger charge is 2.50. The smallest absolute Gasteiger partial charge is 0.136 e. The molecule has 3 aliphatic rings. The number of ketones is 1. The molecular weight excluding hydrogens is 404 g/mol. The van der Waals surface area contributed by atoms with Crippen LogP contribution in [-0.2, 0) is 4.79 Å². The Kier molecular flexibility index (Phi) is 7.86. The van der Waals surface area contributed by atoms with Gasteiger partial charge in [-0.2, -0.15) is 0 Å². The van der Waals surface area contributed by atoms with Crippen LogP contribution in [0.15, 0.2) is 35.5 Å². The van der Waals surface area contributed by atoms with Gasteiger partial charge >= 0.3 is 0 Å². The monoisotopic (exact) mass is 446 g/mol. The van der Waals surface area contributed by atoms with Crippen LogP contribution in [0.5, 0.6) is 0 Å². The quantitative estimate of drug-likeness (QED) is 0.476. The Morgan fingerprint density at radius 3 is 2.72 bits per heavy atom. The molecule has 1 unspecified atom stereocenters. The Morgan fingerprint density at radius 2 is 2.03 bits per heavy atom. The van der Waals surface area contributed by atoms with Gasteiger partial charge in [-0.15, -0.1) is 0 Å². The van der Waals surface area contributed by atoms with E-state index in [1.54, 1.807) is 0 Å². The van der Waals surface area contributed by atoms with Crippen LogP contribution in [-0.4, -0.2) is 50.6 Å². The molecule has 7 atom stereocenters. The van der Waals surface area contributed by atoms with Crippen LogP contribution in [0.4, 0.5) is 0 Å². The van der Waals surface area contributed by atoms with Crippen molar-refractivity contribution in [1.82, 2.24) is 0 Å². The second-order valence-corrected chi connectivity index (χ2v) is 11.2. The lowest BCUT2D eigenvalue weighted by atomic mass is 9.60. The Hall–Kier alpha value is -1.27. The van der Waals surface area contributed by atoms with Crippen molar-refractivity contribution >= 4 is 5.78 Å². The summed E-state index contributed by atoms with van der Waals surface area (Å²) in [6.07, 6.45) is 10.0. The Bertz CT molecular complexity index is 779. The molecule has 4 N–H and O–H groups in total. The van der Waals surface area contributed by atoms with E-state index in [4.69, 9.17) is 0 Å². The minimum atomic E-state index is -1.34. The second-order valence-electron chi connectivity index (χ2n) is 11.2. The van der Waals surface area contributed by atoms with Crippen molar-refractivity contribution in [3.8, 4) is 0 Å². The first-order valence-electron chi connectivity index (χ1n) is 12.3. The number of fused-ring (bicyclic) bond motifs is 1. The number of carbonyl (C=O) groups excluding carboxylic acids is 1. The van der Waals surface area contributed by atoms with Crippen molar-refractivity contribution in [1.29, 1.82) is 0 Å². The van der Waals surface area contributed by atoms with E-state index in [9.17, 15) is 25.2 Å². The summed E-state index contributed by atoms with van der Waals surface area (Å²) < 4.78 is 0. The van der Waals surface area contributed by atoms with Crippen molar-refractivity contribution < 1.29 is 25.2 Å². The molecule has 3 saturated carbocycles. The lowest BCUT2D eigenvalue weighted by Gasteiger charge is -2.44. The standard InChI is InChI=1S/C27H42O5/c1-17(12-22(30)15-26(3,32)16-28)23-9-10-24-19(6-5-11-27(23,24)4)7-8-20-13-21(29)14-25(31)18(20)2/h7-8,17,21,23-25,28-29,31-32H,2,5-6,9-16H2,1,3-4H3/b19-7+,20-8-/t17-,21-,23-,24+,25+,26?,27-/m1/s1. The lowest BCUT2D eigenvalue weighted by Crippen LogP contribution is -2.37. The highest BCUT2D eigenvalue weighted by atomic mass is 16.3. The summed E-state index contributed by atoms with van der Waals surface area (Å²) in [7, 11) is 0. The second kappa shape index (κ2) is 9.92. The summed E-state index contributed by atoms with van der Waals surface area (Å²) in [5, 5.41) is 39.5. The fraction of sp³-hybridized carbons (Fsp3) is 0.741. The van der Waals surface area contributed by atoms with Crippen LogP contribution in [0, 0.1) is 23.2 Å². The molecule has 3 aliphatic carbocycles. The summed E-state index contributed by atoms with van der Waals surface area (Å²) >= 11 is 0. The first-order chi connectivity index (χ1) is 15.0. The fourth-order valence-electron chi connectivity index (χ4n) is 6.73. The molecule has 0 aromatic carbocycles. The minimum absolute atomic E-state index is 0.00101. The Balaban J connectivity index is 1.72. The molecule has 3 rings (SSSR count). The van der Waals surface area contributed by atoms with Gasteiger partial charge in [0, 0.05) is 19.3 Å². The number of aliphatic hydroxyl groups is 4. The van der Waals surface area contributed by atoms with Gasteiger partial charge in [0.05, 0.1) is 24.4 Å². The molecule has 0 aromatic rings. The van der Waals surface area contributed by atoms with Gasteiger partial charge < -0.3 is 20.4 Å². The lowest BCUT2D eigenvalue weighted by molar-refractivity contribution is -0.126. The molecule has 5 heteroatoms. The third-order valence-electron chi connectivity index (χ3n) is 8.46. The summed E-state index contributed by atoms with van der Waals surface area (Å²) in [5.41, 5.74) is 1.93. The summed E-state index contributed by atoms with van der Waals surface area (Å²) in [6, 6.07) is 0. The molecule has 3 fully saturated rings. The molecule has 0 aliphatic heterocycles. The predicted octanol–water partition coefficient (Wildman–Crippen LogP) is 3.86. The van der Waals surface area contributed by atoms with Crippen molar-refractivity contribution in [2.24, 2.45) is 23.2 Å². The van der Waals surface area contributed by atoms with E-state index >= 15 is 0 Å². The van der Waals surface area contributed by atoms with E-state index in [0.29, 0.717) is 31.1 Å². The number of aliphatic hydroxyl groups excluding tert-OH is 3. The zero-order chi connectivity index (χ0) is 23.7. The molecule has 0 amide bonds. The van der Waals surface area contributed by atoms with Gasteiger partial charge in [-0.3, -0.25) is 4.79 Å². The number of Topliss-reactive ketones (excluding diaryl/α,β-unsaturated/α-hetero) is 1. The van der Waals surface area contributed by atoms with Gasteiger partial charge in [-0.1, -0.05) is 38.2 Å². The largest absolute Gasteiger partial charge is 0.393 e. The molecule has 0 saturated heterocycles. The van der Waals surface area contributed by atoms with Crippen molar-refractivity contribution in [3.05, 3.63) is 35.5 Å². The third-order valence-corrected chi connectivity index (χ3v) is 8.46. The molecule has 0 radical (unpaired) electrons. The molecule has 180 valence electrons. The van der Waals surface area contributed by atoms with Crippen LogP contribution >= 0.6 is 0 Å². The molecular formula is C27H42O5. The van der Waals surface area contributed by atoms with Crippen LogP contribution in [0.1, 0.15) is 78.6 Å². The van der Waals surface area contributed by atoms with E-state index in [1.807, 2.05) is 0 Å². The highest BCUT2D eigenvalue weighted by Crippen LogP contribution is 2.59. The highest BCUT2D eigenvalue weighted by molar-refractivity contribution is 5.79. The number of rotatable bonds is 7. The fourth-order valence-corrected chi connectivity index (χ4v) is 6.73. The maximum atomic E-state index is 12.5. The molecule has 0 aromatic heterocycles. The van der Waals surface area contributed by atoms with Crippen LogP contribution in [0.2, 0.25) is 0 Å². The molecule has 0 spiro atoms. The van der Waals surface area contributed by atoms with Gasteiger partial charge in [-0.05, 0) is 79.8 Å². The zero-order valence-electron chi connectivity index (χ0n) is 20.0. The first kappa shape index (κ1) is 25.4. The Labute approximate surface area is 192 Å². The summed E-state index contributed by atoms with van der Waals surface area (Å²) in [4.78, 5) is 12.5. The SMILES string of the molecule is C=C1/C(=C\C=C2/CCC[C@]3(C)[C@@H]([C@H](C)CC(=O)CC(C)(O)CO)CC[C@@H]23)C[C@@H](O)C[C@@H]1O. The van der Waals surface area contributed by atoms with Gasteiger partial charge in [0.1, 0.15) is 5.78 Å². The average Bonchev–Trinajstić information content (AvgIpc) is 3.06. The maximum Gasteiger partial charge on any atom is 0.136 e. The van der Waals surface area contributed by atoms with Crippen molar-refractivity contribution in [2.45, 2.75) is 96.4 Å². The number of allylic oxidation sites excluding steroid dienone is 3. The predicted molar refractivity (Wildman–Crippen MR) is 126 cm³/mol. The average molecular weight is 447 g/mol. The van der Waals surface area contributed by atoms with E-state index in [1.165, 1.54) is 12.5 Å².